The Labute approximate surface area is 99.0 Å². The Morgan fingerprint density at radius 2 is 2.00 bits per heavy atom. The maximum atomic E-state index is 11.6. The maximum Gasteiger partial charge on any atom is 0.379 e. The van der Waals surface area contributed by atoms with Crippen molar-refractivity contribution < 1.29 is 24.2 Å². The number of hydrogen-bond acceptors (Lipinski definition) is 5. The Morgan fingerprint density at radius 1 is 1.35 bits per heavy atom. The average molecular weight is 238 g/mol. The number of benzene rings is 1. The predicted octanol–water partition coefficient (Wildman–Crippen LogP) is 1.46. The van der Waals surface area contributed by atoms with Gasteiger partial charge >= 0.3 is 5.97 Å². The molecule has 0 saturated carbocycles. The lowest BCUT2D eigenvalue weighted by Crippen LogP contribution is -2.17. The second kappa shape index (κ2) is 5.34. The molecule has 0 spiro atoms. The summed E-state index contributed by atoms with van der Waals surface area (Å²) in [5, 5.41) is 9.80. The van der Waals surface area contributed by atoms with Crippen LogP contribution in [0.1, 0.15) is 22.8 Å². The third-order valence-corrected chi connectivity index (χ3v) is 2.24. The van der Waals surface area contributed by atoms with Gasteiger partial charge in [-0.25, -0.2) is 4.79 Å². The molecule has 0 amide bonds. The molecule has 0 aromatic heterocycles. The fourth-order valence-corrected chi connectivity index (χ4v) is 1.42. The van der Waals surface area contributed by atoms with E-state index in [0.717, 1.165) is 0 Å². The van der Waals surface area contributed by atoms with Crippen molar-refractivity contribution in [2.45, 2.75) is 13.8 Å². The van der Waals surface area contributed by atoms with Gasteiger partial charge in [0.1, 0.15) is 0 Å². The Bertz CT molecular complexity index is 450. The quantitative estimate of drug-likeness (QED) is 0.488. The molecule has 0 radical (unpaired) electrons. The van der Waals surface area contributed by atoms with Crippen molar-refractivity contribution in [3.05, 3.63) is 23.3 Å². The number of ether oxygens (including phenoxy) is 2. The van der Waals surface area contributed by atoms with E-state index in [1.165, 1.54) is 13.2 Å². The summed E-state index contributed by atoms with van der Waals surface area (Å²) in [6.45, 7) is 3.42. The molecule has 0 heterocycles. The number of phenols is 1. The number of hydrogen-bond donors (Lipinski definition) is 1. The van der Waals surface area contributed by atoms with E-state index >= 15 is 0 Å². The molecule has 0 unspecified atom stereocenters. The summed E-state index contributed by atoms with van der Waals surface area (Å²) in [4.78, 5) is 22.9. The van der Waals surface area contributed by atoms with Crippen LogP contribution in [-0.4, -0.2) is 30.6 Å². The van der Waals surface area contributed by atoms with E-state index in [9.17, 15) is 14.7 Å². The molecule has 0 saturated heterocycles. The van der Waals surface area contributed by atoms with Crippen LogP contribution in [-0.2, 0) is 9.53 Å². The molecular weight excluding hydrogens is 224 g/mol. The summed E-state index contributed by atoms with van der Waals surface area (Å²) in [5.41, 5.74) is 0.552. The Morgan fingerprint density at radius 3 is 2.53 bits per heavy atom. The Hall–Kier alpha value is -2.04. The summed E-state index contributed by atoms with van der Waals surface area (Å²) in [5.74, 6) is -2.04. The fraction of sp³-hybridized carbons (Fsp3) is 0.333. The minimum absolute atomic E-state index is 0.105. The summed E-state index contributed by atoms with van der Waals surface area (Å²) < 4.78 is 9.53. The van der Waals surface area contributed by atoms with E-state index in [0.29, 0.717) is 5.56 Å². The van der Waals surface area contributed by atoms with Gasteiger partial charge in [0.2, 0.25) is 0 Å². The van der Waals surface area contributed by atoms with Gasteiger partial charge in [0.25, 0.3) is 5.78 Å². The van der Waals surface area contributed by atoms with Gasteiger partial charge in [-0.1, -0.05) is 6.07 Å². The lowest BCUT2D eigenvalue weighted by Gasteiger charge is -2.10. The van der Waals surface area contributed by atoms with E-state index in [2.05, 4.69) is 4.74 Å². The first kappa shape index (κ1) is 13.0. The third kappa shape index (κ3) is 2.55. The van der Waals surface area contributed by atoms with E-state index in [4.69, 9.17) is 4.74 Å². The summed E-state index contributed by atoms with van der Waals surface area (Å²) in [7, 11) is 1.38. The van der Waals surface area contributed by atoms with Crippen molar-refractivity contribution in [3.63, 3.8) is 0 Å². The van der Waals surface area contributed by atoms with E-state index in [1.54, 1.807) is 19.9 Å². The summed E-state index contributed by atoms with van der Waals surface area (Å²) in [6, 6.07) is 2.96. The largest absolute Gasteiger partial charge is 0.504 e. The molecule has 1 aromatic carbocycles. The molecule has 0 bridgehead atoms. The molecule has 0 aliphatic carbocycles. The zero-order valence-corrected chi connectivity index (χ0v) is 9.94. The number of ketones is 1. The van der Waals surface area contributed by atoms with Crippen LogP contribution in [0.4, 0.5) is 0 Å². The Kier molecular flexibility index (Phi) is 4.09. The molecule has 17 heavy (non-hydrogen) atoms. The number of methoxy groups -OCH3 is 1. The fourth-order valence-electron chi connectivity index (χ4n) is 1.42. The number of rotatable bonds is 4. The number of phenolic OH excluding ortho intramolecular Hbond substituents is 1. The van der Waals surface area contributed by atoms with E-state index in [1.807, 2.05) is 0 Å². The maximum absolute atomic E-state index is 11.6. The lowest BCUT2D eigenvalue weighted by molar-refractivity contribution is -0.137. The van der Waals surface area contributed by atoms with Gasteiger partial charge in [-0.3, -0.25) is 4.79 Å². The summed E-state index contributed by atoms with van der Waals surface area (Å²) >= 11 is 0. The number of carbonyl (C=O) groups is 2. The number of esters is 1. The normalized spacial score (nSPS) is 9.82. The van der Waals surface area contributed by atoms with Gasteiger partial charge in [0.05, 0.1) is 19.3 Å². The SMILES string of the molecule is CCOC(=O)C(=O)c1ccc(C)c(OC)c1O. The van der Waals surface area contributed by atoms with Gasteiger partial charge in [-0.05, 0) is 25.5 Å². The molecule has 5 heteroatoms. The minimum atomic E-state index is -0.992. The lowest BCUT2D eigenvalue weighted by atomic mass is 10.1. The van der Waals surface area contributed by atoms with Crippen molar-refractivity contribution in [2.75, 3.05) is 13.7 Å². The molecule has 92 valence electrons. The van der Waals surface area contributed by atoms with Crippen molar-refractivity contribution in [1.82, 2.24) is 0 Å². The monoisotopic (exact) mass is 238 g/mol. The van der Waals surface area contributed by atoms with E-state index < -0.39 is 11.8 Å². The molecule has 0 atom stereocenters. The highest BCUT2D eigenvalue weighted by Gasteiger charge is 2.23. The molecule has 0 aliphatic heterocycles. The number of carbonyl (C=O) groups excluding carboxylic acids is 2. The average Bonchev–Trinajstić information content (AvgIpc) is 2.29. The molecule has 0 aliphatic rings. The number of aromatic hydroxyl groups is 1. The molecule has 1 N–H and O–H groups in total. The second-order valence-electron chi connectivity index (χ2n) is 3.36. The zero-order valence-electron chi connectivity index (χ0n) is 9.94. The predicted molar refractivity (Wildman–Crippen MR) is 60.4 cm³/mol. The third-order valence-electron chi connectivity index (χ3n) is 2.24. The summed E-state index contributed by atoms with van der Waals surface area (Å²) in [6.07, 6.45) is 0. The van der Waals surface area contributed by atoms with Crippen molar-refractivity contribution in [1.29, 1.82) is 0 Å². The number of Topliss-reactive ketones (excluding diaryl/α,β-unsaturated/α-hetero) is 1. The van der Waals surface area contributed by atoms with Crippen LogP contribution in [0.3, 0.4) is 0 Å². The molecular formula is C12H14O5. The molecule has 1 aromatic rings. The van der Waals surface area contributed by atoms with Gasteiger partial charge in [0.15, 0.2) is 11.5 Å². The van der Waals surface area contributed by atoms with Gasteiger partial charge < -0.3 is 14.6 Å². The highest BCUT2D eigenvalue weighted by molar-refractivity contribution is 6.41. The van der Waals surface area contributed by atoms with E-state index in [-0.39, 0.29) is 23.7 Å². The number of aryl methyl sites for hydroxylation is 1. The molecule has 5 nitrogen and oxygen atoms in total. The van der Waals surface area contributed by atoms with Gasteiger partial charge in [0, 0.05) is 0 Å². The minimum Gasteiger partial charge on any atom is -0.504 e. The van der Waals surface area contributed by atoms with Crippen molar-refractivity contribution >= 4 is 11.8 Å². The standard InChI is InChI=1S/C12H14O5/c1-4-17-12(15)10(14)8-6-5-7(2)11(16-3)9(8)13/h5-6,13H,4H2,1-3H3. The van der Waals surface area contributed by atoms with Crippen LogP contribution in [0.5, 0.6) is 11.5 Å². The van der Waals surface area contributed by atoms with Gasteiger partial charge in [-0.2, -0.15) is 0 Å². The zero-order chi connectivity index (χ0) is 13.0. The topological polar surface area (TPSA) is 72.8 Å². The van der Waals surface area contributed by atoms with Crippen LogP contribution in [0.2, 0.25) is 0 Å². The first-order valence-corrected chi connectivity index (χ1v) is 5.10. The highest BCUT2D eigenvalue weighted by atomic mass is 16.5. The van der Waals surface area contributed by atoms with Crippen molar-refractivity contribution in [3.8, 4) is 11.5 Å². The second-order valence-corrected chi connectivity index (χ2v) is 3.36. The Balaban J connectivity index is 3.15. The van der Waals surface area contributed by atoms with Gasteiger partial charge in [-0.15, -0.1) is 0 Å². The van der Waals surface area contributed by atoms with Crippen LogP contribution in [0.15, 0.2) is 12.1 Å². The van der Waals surface area contributed by atoms with Crippen LogP contribution >= 0.6 is 0 Å². The first-order valence-electron chi connectivity index (χ1n) is 5.10. The smallest absolute Gasteiger partial charge is 0.379 e. The van der Waals surface area contributed by atoms with Crippen LogP contribution < -0.4 is 4.74 Å². The molecule has 0 fully saturated rings. The molecule has 1 rings (SSSR count). The first-order chi connectivity index (χ1) is 8.02. The van der Waals surface area contributed by atoms with Crippen LogP contribution in [0, 0.1) is 6.92 Å². The van der Waals surface area contributed by atoms with Crippen LogP contribution in [0.25, 0.3) is 0 Å². The van der Waals surface area contributed by atoms with Crippen molar-refractivity contribution in [2.24, 2.45) is 0 Å². The highest BCUT2D eigenvalue weighted by Crippen LogP contribution is 2.33.